The van der Waals surface area contributed by atoms with Crippen molar-refractivity contribution in [3.8, 4) is 11.5 Å². The summed E-state index contributed by atoms with van der Waals surface area (Å²) in [4.78, 5) is 19.8. The molecule has 0 saturated carbocycles. The van der Waals surface area contributed by atoms with E-state index >= 15 is 0 Å². The molecule has 2 aromatic heterocycles. The van der Waals surface area contributed by atoms with E-state index < -0.39 is 5.91 Å². The number of hydrogen-bond acceptors (Lipinski definition) is 5. The summed E-state index contributed by atoms with van der Waals surface area (Å²) < 4.78 is 5.04. The number of rotatable bonds is 4. The Hall–Kier alpha value is -3.87. The van der Waals surface area contributed by atoms with Gasteiger partial charge in [0.1, 0.15) is 5.69 Å². The summed E-state index contributed by atoms with van der Waals surface area (Å²) in [6.45, 7) is 0. The van der Waals surface area contributed by atoms with Crippen LogP contribution in [0.15, 0.2) is 59.8 Å². The molecule has 0 aliphatic carbocycles. The van der Waals surface area contributed by atoms with Gasteiger partial charge in [0.15, 0.2) is 11.5 Å². The van der Waals surface area contributed by atoms with Gasteiger partial charge in [-0.1, -0.05) is 18.2 Å². The first kappa shape index (κ1) is 16.6. The third-order valence-electron chi connectivity index (χ3n) is 4.21. The lowest BCUT2D eigenvalue weighted by atomic mass is 10.1. The third kappa shape index (κ3) is 3.18. The number of para-hydroxylation sites is 1. The molecule has 4 aromatic rings. The van der Waals surface area contributed by atoms with Crippen LogP contribution in [0.1, 0.15) is 16.1 Å². The maximum Gasteiger partial charge on any atom is 0.289 e. The fraction of sp³-hybridized carbons (Fsp3) is 0.0500. The van der Waals surface area contributed by atoms with Gasteiger partial charge in [0.05, 0.1) is 25.0 Å². The number of carbonyl (C=O) groups is 1. The van der Waals surface area contributed by atoms with Gasteiger partial charge in [0.2, 0.25) is 0 Å². The Morgan fingerprint density at radius 1 is 1.19 bits per heavy atom. The van der Waals surface area contributed by atoms with Crippen molar-refractivity contribution in [2.75, 3.05) is 7.11 Å². The molecule has 0 atom stereocenters. The number of aromatic nitrogens is 2. The SMILES string of the molecule is COc1cc(/C=N\NC(=O)c2cc3c(cn2)[nH]c2ccccc23)ccc1O. The number of hydrogen-bond donors (Lipinski definition) is 3. The van der Waals surface area contributed by atoms with Crippen LogP contribution in [-0.2, 0) is 0 Å². The molecule has 27 heavy (non-hydrogen) atoms. The summed E-state index contributed by atoms with van der Waals surface area (Å²) >= 11 is 0. The van der Waals surface area contributed by atoms with E-state index in [2.05, 4.69) is 20.5 Å². The van der Waals surface area contributed by atoms with Crippen molar-refractivity contribution >= 4 is 33.9 Å². The standard InChI is InChI=1S/C20H16N4O3/c1-27-19-8-12(6-7-18(19)25)10-22-24-20(26)16-9-14-13-4-2-3-5-15(13)23-17(14)11-21-16/h2-11,23,25H,1H3,(H,24,26)/b22-10-. The number of aromatic amines is 1. The Labute approximate surface area is 154 Å². The third-order valence-corrected chi connectivity index (χ3v) is 4.21. The monoisotopic (exact) mass is 360 g/mol. The zero-order chi connectivity index (χ0) is 18.8. The van der Waals surface area contributed by atoms with Crippen molar-refractivity contribution in [2.24, 2.45) is 5.10 Å². The van der Waals surface area contributed by atoms with Gasteiger partial charge in [0.25, 0.3) is 5.91 Å². The number of aromatic hydroxyl groups is 1. The minimum atomic E-state index is -0.413. The summed E-state index contributed by atoms with van der Waals surface area (Å²) in [5.41, 5.74) is 5.26. The summed E-state index contributed by atoms with van der Waals surface area (Å²) in [6.07, 6.45) is 3.10. The van der Waals surface area contributed by atoms with Gasteiger partial charge >= 0.3 is 0 Å². The smallest absolute Gasteiger partial charge is 0.289 e. The second kappa shape index (κ2) is 6.80. The maximum absolute atomic E-state index is 12.4. The van der Waals surface area contributed by atoms with Gasteiger partial charge in [-0.05, 0) is 35.9 Å². The number of fused-ring (bicyclic) bond motifs is 3. The number of nitrogens with one attached hydrogen (secondary N) is 2. The molecule has 1 amide bonds. The van der Waals surface area contributed by atoms with E-state index in [1.54, 1.807) is 24.4 Å². The second-order valence-corrected chi connectivity index (χ2v) is 5.92. The van der Waals surface area contributed by atoms with E-state index in [0.717, 1.165) is 21.8 Å². The van der Waals surface area contributed by atoms with Crippen LogP contribution < -0.4 is 10.2 Å². The molecular weight excluding hydrogens is 344 g/mol. The van der Waals surface area contributed by atoms with Crippen LogP contribution in [0.5, 0.6) is 11.5 Å². The number of nitrogens with zero attached hydrogens (tertiary/aromatic N) is 2. The first-order valence-electron chi connectivity index (χ1n) is 8.22. The molecular formula is C20H16N4O3. The molecule has 0 bridgehead atoms. The number of benzene rings is 2. The van der Waals surface area contributed by atoms with E-state index in [1.807, 2.05) is 24.3 Å². The normalized spacial score (nSPS) is 11.3. The number of hydrazone groups is 1. The Morgan fingerprint density at radius 2 is 2.04 bits per heavy atom. The topological polar surface area (TPSA) is 99.6 Å². The molecule has 0 spiro atoms. The molecule has 0 unspecified atom stereocenters. The number of amides is 1. The number of methoxy groups -OCH3 is 1. The van der Waals surface area contributed by atoms with Crippen LogP contribution in [0.4, 0.5) is 0 Å². The van der Waals surface area contributed by atoms with E-state index in [-0.39, 0.29) is 11.4 Å². The zero-order valence-electron chi connectivity index (χ0n) is 14.4. The lowest BCUT2D eigenvalue weighted by Gasteiger charge is -2.03. The highest BCUT2D eigenvalue weighted by Crippen LogP contribution is 2.26. The highest BCUT2D eigenvalue weighted by molar-refractivity contribution is 6.09. The molecule has 0 aliphatic heterocycles. The summed E-state index contributed by atoms with van der Waals surface area (Å²) in [7, 11) is 1.46. The van der Waals surface area contributed by atoms with E-state index in [1.165, 1.54) is 19.4 Å². The lowest BCUT2D eigenvalue weighted by Crippen LogP contribution is -2.18. The number of carbonyl (C=O) groups excluding carboxylic acids is 1. The number of phenolic OH excluding ortho intramolecular Hbond substituents is 1. The van der Waals surface area contributed by atoms with Crippen molar-refractivity contribution < 1.29 is 14.6 Å². The fourth-order valence-corrected chi connectivity index (χ4v) is 2.87. The molecule has 134 valence electrons. The molecule has 4 rings (SSSR count). The van der Waals surface area contributed by atoms with Gasteiger partial charge in [-0.3, -0.25) is 4.79 Å². The van der Waals surface area contributed by atoms with Crippen molar-refractivity contribution in [2.45, 2.75) is 0 Å². The second-order valence-electron chi connectivity index (χ2n) is 5.92. The highest BCUT2D eigenvalue weighted by atomic mass is 16.5. The molecule has 3 N–H and O–H groups in total. The Balaban J connectivity index is 1.55. The van der Waals surface area contributed by atoms with E-state index in [0.29, 0.717) is 11.3 Å². The fourth-order valence-electron chi connectivity index (χ4n) is 2.87. The Morgan fingerprint density at radius 3 is 2.89 bits per heavy atom. The quantitative estimate of drug-likeness (QED) is 0.384. The highest BCUT2D eigenvalue weighted by Gasteiger charge is 2.10. The van der Waals surface area contributed by atoms with Gasteiger partial charge in [-0.25, -0.2) is 10.4 Å². The molecule has 0 saturated heterocycles. The van der Waals surface area contributed by atoms with Crippen LogP contribution >= 0.6 is 0 Å². The minimum absolute atomic E-state index is 0.0370. The first-order chi connectivity index (χ1) is 13.2. The van der Waals surface area contributed by atoms with Crippen LogP contribution in [0.25, 0.3) is 21.8 Å². The van der Waals surface area contributed by atoms with Crippen LogP contribution in [0, 0.1) is 0 Å². The largest absolute Gasteiger partial charge is 0.504 e. The van der Waals surface area contributed by atoms with Gasteiger partial charge in [0, 0.05) is 16.3 Å². The van der Waals surface area contributed by atoms with Crippen molar-refractivity contribution in [1.29, 1.82) is 0 Å². The Bertz CT molecular complexity index is 1180. The number of H-pyrrole nitrogens is 1. The van der Waals surface area contributed by atoms with Crippen molar-refractivity contribution in [1.82, 2.24) is 15.4 Å². The van der Waals surface area contributed by atoms with E-state index in [9.17, 15) is 9.90 Å². The predicted octanol–water partition coefficient (Wildman–Crippen LogP) is 3.19. The van der Waals surface area contributed by atoms with Crippen LogP contribution in [0.3, 0.4) is 0 Å². The lowest BCUT2D eigenvalue weighted by molar-refractivity contribution is 0.0950. The van der Waals surface area contributed by atoms with E-state index in [4.69, 9.17) is 4.74 Å². The average Bonchev–Trinajstić information content (AvgIpc) is 3.07. The average molecular weight is 360 g/mol. The van der Waals surface area contributed by atoms with Crippen LogP contribution in [-0.4, -0.2) is 34.3 Å². The van der Waals surface area contributed by atoms with Crippen molar-refractivity contribution in [3.63, 3.8) is 0 Å². The van der Waals surface area contributed by atoms with Gasteiger partial charge in [-0.2, -0.15) is 5.10 Å². The number of phenols is 1. The summed E-state index contributed by atoms with van der Waals surface area (Å²) in [5.74, 6) is -0.0455. The van der Waals surface area contributed by atoms with Gasteiger partial charge < -0.3 is 14.8 Å². The molecule has 0 radical (unpaired) electrons. The number of pyridine rings is 1. The van der Waals surface area contributed by atoms with Gasteiger partial charge in [-0.15, -0.1) is 0 Å². The molecule has 0 aliphatic rings. The number of ether oxygens (including phenoxy) is 1. The Kier molecular flexibility index (Phi) is 4.18. The summed E-state index contributed by atoms with van der Waals surface area (Å²) in [6, 6.07) is 14.4. The molecule has 7 heteroatoms. The molecule has 0 fully saturated rings. The first-order valence-corrected chi connectivity index (χ1v) is 8.22. The van der Waals surface area contributed by atoms with Crippen LogP contribution in [0.2, 0.25) is 0 Å². The zero-order valence-corrected chi connectivity index (χ0v) is 14.4. The summed E-state index contributed by atoms with van der Waals surface area (Å²) in [5, 5.41) is 15.5. The predicted molar refractivity (Wildman–Crippen MR) is 103 cm³/mol. The minimum Gasteiger partial charge on any atom is -0.504 e. The molecule has 7 nitrogen and oxygen atoms in total. The van der Waals surface area contributed by atoms with Crippen molar-refractivity contribution in [3.05, 3.63) is 66.0 Å². The molecule has 2 aromatic carbocycles. The molecule has 2 heterocycles. The maximum atomic E-state index is 12.4.